The molecular weight excluding hydrogens is 510 g/mol. The summed E-state index contributed by atoms with van der Waals surface area (Å²) in [4.78, 5) is 3.74. The second kappa shape index (κ2) is 20.5. The van der Waals surface area contributed by atoms with Gasteiger partial charge in [-0.3, -0.25) is 0 Å². The third-order valence-electron chi connectivity index (χ3n) is 5.53. The molecule has 4 aromatic carbocycles. The highest BCUT2D eigenvalue weighted by Gasteiger charge is 2.07. The number of hydrogen-bond acceptors (Lipinski definition) is 2. The molecule has 0 saturated carbocycles. The first kappa shape index (κ1) is 34.6. The summed E-state index contributed by atoms with van der Waals surface area (Å²) in [6.45, 7) is 19.7. The third-order valence-corrected chi connectivity index (χ3v) is 5.53. The van der Waals surface area contributed by atoms with Crippen molar-refractivity contribution in [1.82, 2.24) is 0 Å². The lowest BCUT2D eigenvalue weighted by Crippen LogP contribution is -1.87. The van der Waals surface area contributed by atoms with E-state index in [0.29, 0.717) is 16.8 Å². The average molecular weight is 550 g/mol. The Morgan fingerprint density at radius 3 is 1.14 bits per heavy atom. The molecule has 210 valence electrons. The predicted octanol–water partition coefficient (Wildman–Crippen LogP) is 11.3. The normalized spacial score (nSPS) is 10.5. The molecule has 0 spiro atoms. The second-order valence-corrected chi connectivity index (χ2v) is 8.01. The zero-order valence-corrected chi connectivity index (χ0v) is 25.5. The van der Waals surface area contributed by atoms with Crippen LogP contribution >= 0.6 is 0 Å². The topological polar surface area (TPSA) is 51.9 Å². The third kappa shape index (κ3) is 10.6. The maximum atomic E-state index is 9.82. The van der Waals surface area contributed by atoms with Crippen LogP contribution in [0, 0.1) is 29.2 Å². The summed E-state index contributed by atoms with van der Waals surface area (Å²) in [5, 5.41) is 19.6. The molecule has 3 nitrogen and oxygen atoms in total. The van der Waals surface area contributed by atoms with Gasteiger partial charge in [-0.1, -0.05) is 133 Å². The fourth-order valence-electron chi connectivity index (χ4n) is 3.83. The van der Waals surface area contributed by atoms with Gasteiger partial charge in [0.25, 0.3) is 0 Å². The predicted molar refractivity (Wildman–Crippen MR) is 181 cm³/mol. The number of allylic oxidation sites excluding steroid dienone is 2. The zero-order chi connectivity index (χ0) is 31.2. The van der Waals surface area contributed by atoms with E-state index in [0.717, 1.165) is 33.4 Å². The standard InChI is InChI=1S/C33H21N3.3C2H6/c1-36-33(30-15-9-4-10-16-30)22-27-18-25(20-31(23-34)28-11-5-2-6-12-28)17-26(19-27)21-32(24-35)29-13-7-3-8-14-29;3*1-2/h2-22H;3*1-2H3/b31-20+,32-21+,33-22-;;;. The van der Waals surface area contributed by atoms with Gasteiger partial charge in [0, 0.05) is 0 Å². The average Bonchev–Trinajstić information content (AvgIpc) is 3.09. The molecule has 0 fully saturated rings. The van der Waals surface area contributed by atoms with Gasteiger partial charge in [-0.2, -0.15) is 10.5 Å². The minimum atomic E-state index is 0.513. The van der Waals surface area contributed by atoms with Crippen molar-refractivity contribution < 1.29 is 0 Å². The molecule has 0 saturated heterocycles. The molecule has 0 N–H and O–H groups in total. The van der Waals surface area contributed by atoms with Gasteiger partial charge < -0.3 is 0 Å². The van der Waals surface area contributed by atoms with E-state index < -0.39 is 0 Å². The molecular formula is C39H39N3. The summed E-state index contributed by atoms with van der Waals surface area (Å²) in [5.74, 6) is 0. The van der Waals surface area contributed by atoms with Crippen molar-refractivity contribution in [1.29, 1.82) is 10.5 Å². The highest BCUT2D eigenvalue weighted by atomic mass is 14.7. The first-order valence-corrected chi connectivity index (χ1v) is 14.3. The molecule has 0 bridgehead atoms. The SMILES string of the molecule is CC.CC.CC.[C-]#[N+]/C(=C\c1cc(/C=C(\C#N)c2ccccc2)cc(/C=C(\C#N)c2ccccc2)c1)c1ccccc1. The lowest BCUT2D eigenvalue weighted by atomic mass is 9.97. The van der Waals surface area contributed by atoms with Gasteiger partial charge in [-0.15, -0.1) is 0 Å². The molecule has 0 unspecified atom stereocenters. The minimum Gasteiger partial charge on any atom is -0.238 e. The summed E-state index contributed by atoms with van der Waals surface area (Å²) in [6, 6.07) is 38.9. The van der Waals surface area contributed by atoms with Crippen LogP contribution in [-0.4, -0.2) is 0 Å². The van der Waals surface area contributed by atoms with Crippen LogP contribution in [0.3, 0.4) is 0 Å². The van der Waals surface area contributed by atoms with Crippen LogP contribution in [0.25, 0.3) is 39.9 Å². The summed E-state index contributed by atoms with van der Waals surface area (Å²) < 4.78 is 0. The van der Waals surface area contributed by atoms with Crippen molar-refractivity contribution in [3.63, 3.8) is 0 Å². The number of hydrogen-bond donors (Lipinski definition) is 0. The van der Waals surface area contributed by atoms with Crippen LogP contribution in [0.2, 0.25) is 0 Å². The Balaban J connectivity index is 0.00000138. The van der Waals surface area contributed by atoms with Crippen LogP contribution in [0.5, 0.6) is 0 Å². The van der Waals surface area contributed by atoms with Crippen molar-refractivity contribution >= 4 is 35.1 Å². The fraction of sp³-hybridized carbons (Fsp3) is 0.154. The smallest absolute Gasteiger partial charge is 0.194 e. The number of rotatable bonds is 6. The Hall–Kier alpha value is -5.43. The van der Waals surface area contributed by atoms with Gasteiger partial charge >= 0.3 is 0 Å². The zero-order valence-electron chi connectivity index (χ0n) is 25.5. The minimum absolute atomic E-state index is 0.513. The van der Waals surface area contributed by atoms with Crippen LogP contribution in [-0.2, 0) is 0 Å². The van der Waals surface area contributed by atoms with E-state index in [9.17, 15) is 10.5 Å². The van der Waals surface area contributed by atoms with Crippen molar-refractivity contribution in [3.05, 3.63) is 154 Å². The molecule has 0 aliphatic heterocycles. The van der Waals surface area contributed by atoms with Crippen LogP contribution in [0.4, 0.5) is 0 Å². The highest BCUT2D eigenvalue weighted by molar-refractivity contribution is 5.93. The molecule has 0 heterocycles. The van der Waals surface area contributed by atoms with E-state index in [1.165, 1.54) is 0 Å². The van der Waals surface area contributed by atoms with Gasteiger partial charge in [0.2, 0.25) is 0 Å². The van der Waals surface area contributed by atoms with Gasteiger partial charge in [0.1, 0.15) is 0 Å². The van der Waals surface area contributed by atoms with Gasteiger partial charge in [0.15, 0.2) is 5.70 Å². The Bertz CT molecular complexity index is 1370. The maximum Gasteiger partial charge on any atom is 0.194 e. The quantitative estimate of drug-likeness (QED) is 0.136. The first-order valence-electron chi connectivity index (χ1n) is 14.3. The summed E-state index contributed by atoms with van der Waals surface area (Å²) in [6.07, 6.45) is 5.50. The molecule has 0 aromatic heterocycles. The Labute approximate surface area is 252 Å². The van der Waals surface area contributed by atoms with Gasteiger partial charge in [-0.05, 0) is 69.8 Å². The molecule has 0 atom stereocenters. The molecule has 0 amide bonds. The fourth-order valence-corrected chi connectivity index (χ4v) is 3.83. The van der Waals surface area contributed by atoms with Crippen LogP contribution in [0.1, 0.15) is 74.9 Å². The molecule has 4 aromatic rings. The van der Waals surface area contributed by atoms with Crippen molar-refractivity contribution in [2.75, 3.05) is 0 Å². The largest absolute Gasteiger partial charge is 0.238 e. The van der Waals surface area contributed by atoms with E-state index in [-0.39, 0.29) is 0 Å². The van der Waals surface area contributed by atoms with Crippen LogP contribution < -0.4 is 0 Å². The Morgan fingerprint density at radius 2 is 0.833 bits per heavy atom. The summed E-state index contributed by atoms with van der Waals surface area (Å²) in [5.41, 5.74) is 6.47. The van der Waals surface area contributed by atoms with E-state index in [1.807, 2.05) is 169 Å². The molecule has 42 heavy (non-hydrogen) atoms. The van der Waals surface area contributed by atoms with Crippen molar-refractivity contribution in [2.45, 2.75) is 41.5 Å². The van der Waals surface area contributed by atoms with Gasteiger partial charge in [0.05, 0.1) is 29.9 Å². The molecule has 3 heteroatoms. The van der Waals surface area contributed by atoms with Crippen LogP contribution in [0.15, 0.2) is 109 Å². The lowest BCUT2D eigenvalue weighted by molar-refractivity contribution is 1.50. The number of benzene rings is 4. The maximum absolute atomic E-state index is 9.82. The van der Waals surface area contributed by atoms with Crippen molar-refractivity contribution in [2.24, 2.45) is 0 Å². The Morgan fingerprint density at radius 1 is 0.524 bits per heavy atom. The lowest BCUT2D eigenvalue weighted by Gasteiger charge is -2.07. The summed E-state index contributed by atoms with van der Waals surface area (Å²) in [7, 11) is 0. The Kier molecular flexibility index (Phi) is 16.9. The second-order valence-electron chi connectivity index (χ2n) is 8.01. The molecule has 0 radical (unpaired) electrons. The summed E-state index contributed by atoms with van der Waals surface area (Å²) >= 11 is 0. The van der Waals surface area contributed by atoms with E-state index in [1.54, 1.807) is 0 Å². The highest BCUT2D eigenvalue weighted by Crippen LogP contribution is 2.26. The van der Waals surface area contributed by atoms with E-state index in [4.69, 9.17) is 6.57 Å². The first-order chi connectivity index (χ1) is 20.7. The molecule has 4 rings (SSSR count). The number of nitrogens with zero attached hydrogens (tertiary/aromatic N) is 3. The van der Waals surface area contributed by atoms with E-state index in [2.05, 4.69) is 17.0 Å². The molecule has 0 aliphatic rings. The molecule has 0 aliphatic carbocycles. The van der Waals surface area contributed by atoms with Gasteiger partial charge in [-0.25, -0.2) is 4.85 Å². The van der Waals surface area contributed by atoms with Crippen molar-refractivity contribution in [3.8, 4) is 12.1 Å². The number of nitriles is 2. The monoisotopic (exact) mass is 549 g/mol. The van der Waals surface area contributed by atoms with E-state index >= 15 is 0 Å².